The largest absolute Gasteiger partial charge is 0.443 e. The number of halogens is 1. The van der Waals surface area contributed by atoms with Crippen molar-refractivity contribution < 1.29 is 22.8 Å². The Labute approximate surface area is 140 Å². The third-order valence-corrected chi connectivity index (χ3v) is 4.90. The second-order valence-electron chi connectivity index (χ2n) is 5.57. The zero-order chi connectivity index (χ0) is 16.7. The number of hydrogen-bond acceptors (Lipinski definition) is 5. The molecule has 1 amide bonds. The van der Waals surface area contributed by atoms with Crippen LogP contribution in [0.4, 0.5) is 4.79 Å². The van der Waals surface area contributed by atoms with E-state index < -0.39 is 21.2 Å². The lowest BCUT2D eigenvalue weighted by Crippen LogP contribution is -2.37. The summed E-state index contributed by atoms with van der Waals surface area (Å²) >= 11 is 0. The fraction of sp³-hybridized carbons (Fsp3) is 0.533. The molecule has 0 aromatic heterocycles. The summed E-state index contributed by atoms with van der Waals surface area (Å²) in [6.07, 6.45) is 2.33. The van der Waals surface area contributed by atoms with Crippen LogP contribution in [0.2, 0.25) is 0 Å². The summed E-state index contributed by atoms with van der Waals surface area (Å²) in [5.41, 5.74) is 3.01. The molecule has 0 aliphatic heterocycles. The van der Waals surface area contributed by atoms with E-state index in [0.717, 1.165) is 31.2 Å². The molecule has 8 heteroatoms. The van der Waals surface area contributed by atoms with Crippen LogP contribution in [0.25, 0.3) is 0 Å². The highest BCUT2D eigenvalue weighted by Gasteiger charge is 2.30. The lowest BCUT2D eigenvalue weighted by Gasteiger charge is -2.21. The van der Waals surface area contributed by atoms with Crippen molar-refractivity contribution in [2.45, 2.75) is 38.4 Å². The summed E-state index contributed by atoms with van der Waals surface area (Å²) in [7, 11) is 1.60. The first-order valence-corrected chi connectivity index (χ1v) is 9.96. The van der Waals surface area contributed by atoms with Gasteiger partial charge in [-0.15, -0.1) is 0 Å². The average molecular weight is 362 g/mol. The summed E-state index contributed by atoms with van der Waals surface area (Å²) < 4.78 is 27.6. The monoisotopic (exact) mass is 361 g/mol. The van der Waals surface area contributed by atoms with Gasteiger partial charge in [0.05, 0.1) is 5.75 Å². The van der Waals surface area contributed by atoms with E-state index in [9.17, 15) is 13.2 Å². The molecule has 1 saturated carbocycles. The van der Waals surface area contributed by atoms with Gasteiger partial charge < -0.3 is 4.74 Å². The van der Waals surface area contributed by atoms with Gasteiger partial charge in [0.1, 0.15) is 12.7 Å². The molecule has 2 rings (SSSR count). The number of hydroxylamine groups is 1. The molecule has 6 nitrogen and oxygen atoms in total. The molecule has 23 heavy (non-hydrogen) atoms. The second-order valence-corrected chi connectivity index (χ2v) is 8.39. The number of nitrogens with one attached hydrogen (secondary N) is 1. The fourth-order valence-corrected chi connectivity index (χ4v) is 3.77. The van der Waals surface area contributed by atoms with Gasteiger partial charge in [0.15, 0.2) is 0 Å². The molecule has 0 spiro atoms. The SMILES string of the molecule is O=C(NOC(CS(=O)(=O)Cl)C1CCCC1)OCc1ccccc1. The molecule has 0 heterocycles. The van der Waals surface area contributed by atoms with Crippen LogP contribution in [0.5, 0.6) is 0 Å². The van der Waals surface area contributed by atoms with Gasteiger partial charge in [-0.3, -0.25) is 4.84 Å². The Morgan fingerprint density at radius 2 is 1.91 bits per heavy atom. The van der Waals surface area contributed by atoms with Crippen molar-refractivity contribution in [3.8, 4) is 0 Å². The highest BCUT2D eigenvalue weighted by molar-refractivity contribution is 8.13. The Morgan fingerprint density at radius 3 is 2.52 bits per heavy atom. The maximum Gasteiger partial charge on any atom is 0.431 e. The van der Waals surface area contributed by atoms with Gasteiger partial charge in [-0.05, 0) is 24.3 Å². The topological polar surface area (TPSA) is 81.7 Å². The number of rotatable bonds is 7. The number of ether oxygens (including phenoxy) is 1. The standard InChI is InChI=1S/C15H20ClNO5S/c16-23(19,20)11-14(13-8-4-5-9-13)22-17-15(18)21-10-12-6-2-1-3-7-12/h1-3,6-7,13-14H,4-5,8-11H2,(H,17,18). The first kappa shape index (κ1) is 18.0. The molecule has 1 atom stereocenters. The molecule has 1 fully saturated rings. The normalized spacial score (nSPS) is 16.9. The van der Waals surface area contributed by atoms with Gasteiger partial charge in [0, 0.05) is 10.7 Å². The Balaban J connectivity index is 1.81. The predicted octanol–water partition coefficient (Wildman–Crippen LogP) is 2.97. The number of hydrogen-bond donors (Lipinski definition) is 1. The highest BCUT2D eigenvalue weighted by Crippen LogP contribution is 2.30. The molecule has 0 saturated heterocycles. The van der Waals surface area contributed by atoms with E-state index in [1.54, 1.807) is 0 Å². The lowest BCUT2D eigenvalue weighted by atomic mass is 10.0. The number of amides is 1. The minimum atomic E-state index is -3.71. The van der Waals surface area contributed by atoms with Crippen LogP contribution in [0, 0.1) is 5.92 Å². The Kier molecular flexibility index (Phi) is 6.68. The lowest BCUT2D eigenvalue weighted by molar-refractivity contribution is -0.0392. The first-order valence-electron chi connectivity index (χ1n) is 7.49. The van der Waals surface area contributed by atoms with Crippen molar-refractivity contribution in [1.82, 2.24) is 5.48 Å². The molecule has 1 aromatic carbocycles. The van der Waals surface area contributed by atoms with Gasteiger partial charge >= 0.3 is 6.09 Å². The average Bonchev–Trinajstić information content (AvgIpc) is 3.03. The van der Waals surface area contributed by atoms with Crippen LogP contribution in [-0.4, -0.2) is 26.4 Å². The van der Waals surface area contributed by atoms with E-state index in [-0.39, 0.29) is 18.3 Å². The molecule has 0 bridgehead atoms. The Morgan fingerprint density at radius 1 is 1.26 bits per heavy atom. The third kappa shape index (κ3) is 6.76. The van der Waals surface area contributed by atoms with Crippen LogP contribution in [0.3, 0.4) is 0 Å². The summed E-state index contributed by atoms with van der Waals surface area (Å²) in [6.45, 7) is 0.109. The van der Waals surface area contributed by atoms with E-state index in [2.05, 4.69) is 5.48 Å². The van der Waals surface area contributed by atoms with Crippen LogP contribution >= 0.6 is 10.7 Å². The van der Waals surface area contributed by atoms with Crippen molar-refractivity contribution in [3.63, 3.8) is 0 Å². The minimum Gasteiger partial charge on any atom is -0.443 e. The van der Waals surface area contributed by atoms with Crippen molar-refractivity contribution in [1.29, 1.82) is 0 Å². The maximum atomic E-state index is 11.7. The quantitative estimate of drug-likeness (QED) is 0.596. The second kappa shape index (κ2) is 8.52. The van der Waals surface area contributed by atoms with E-state index in [4.69, 9.17) is 20.3 Å². The molecule has 1 unspecified atom stereocenters. The van der Waals surface area contributed by atoms with Gasteiger partial charge in [-0.25, -0.2) is 13.2 Å². The summed E-state index contributed by atoms with van der Waals surface area (Å²) in [6, 6.07) is 9.21. The molecule has 1 aliphatic rings. The Hall–Kier alpha value is -1.31. The first-order chi connectivity index (χ1) is 10.9. The highest BCUT2D eigenvalue weighted by atomic mass is 35.7. The molecule has 0 radical (unpaired) electrons. The third-order valence-electron chi connectivity index (χ3n) is 3.80. The van der Waals surface area contributed by atoms with Crippen LogP contribution in [-0.2, 0) is 25.2 Å². The van der Waals surface area contributed by atoms with Gasteiger partial charge in [0.2, 0.25) is 9.05 Å². The van der Waals surface area contributed by atoms with Crippen LogP contribution in [0.1, 0.15) is 31.2 Å². The molecule has 1 aliphatic carbocycles. The van der Waals surface area contributed by atoms with Crippen LogP contribution in [0.15, 0.2) is 30.3 Å². The molecule has 1 aromatic rings. The van der Waals surface area contributed by atoms with E-state index in [1.165, 1.54) is 0 Å². The van der Waals surface area contributed by atoms with Gasteiger partial charge in [0.25, 0.3) is 0 Å². The van der Waals surface area contributed by atoms with E-state index in [0.29, 0.717) is 0 Å². The maximum absolute atomic E-state index is 11.7. The van der Waals surface area contributed by atoms with Crippen LogP contribution < -0.4 is 5.48 Å². The zero-order valence-electron chi connectivity index (χ0n) is 12.6. The van der Waals surface area contributed by atoms with Gasteiger partial charge in [-0.1, -0.05) is 43.2 Å². The van der Waals surface area contributed by atoms with E-state index in [1.807, 2.05) is 30.3 Å². The smallest absolute Gasteiger partial charge is 0.431 e. The van der Waals surface area contributed by atoms with Crippen molar-refractivity contribution >= 4 is 25.8 Å². The summed E-state index contributed by atoms with van der Waals surface area (Å²) in [4.78, 5) is 16.9. The molecular weight excluding hydrogens is 342 g/mol. The molecule has 1 N–H and O–H groups in total. The van der Waals surface area contributed by atoms with Crippen molar-refractivity contribution in [3.05, 3.63) is 35.9 Å². The number of benzene rings is 1. The summed E-state index contributed by atoms with van der Waals surface area (Å²) in [5.74, 6) is -0.268. The Bertz CT molecular complexity index is 602. The fourth-order valence-electron chi connectivity index (χ4n) is 2.67. The number of carbonyl (C=O) groups is 1. The van der Waals surface area contributed by atoms with Crippen molar-refractivity contribution in [2.75, 3.05) is 5.75 Å². The molecule has 128 valence electrons. The molecular formula is C15H20ClNO5S. The number of carbonyl (C=O) groups excluding carboxylic acids is 1. The van der Waals surface area contributed by atoms with E-state index >= 15 is 0 Å². The minimum absolute atomic E-state index is 0.0675. The predicted molar refractivity (Wildman–Crippen MR) is 86.2 cm³/mol. The summed E-state index contributed by atoms with van der Waals surface area (Å²) in [5, 5.41) is 0. The van der Waals surface area contributed by atoms with Gasteiger partial charge in [-0.2, -0.15) is 5.48 Å². The van der Waals surface area contributed by atoms with Crippen molar-refractivity contribution in [2.24, 2.45) is 5.92 Å². The zero-order valence-corrected chi connectivity index (χ0v) is 14.2.